The lowest BCUT2D eigenvalue weighted by Crippen LogP contribution is -2.07. The quantitative estimate of drug-likeness (QED) is 0.780. The maximum absolute atomic E-state index is 12.0. The highest BCUT2D eigenvalue weighted by Crippen LogP contribution is 2.28. The van der Waals surface area contributed by atoms with E-state index in [1.54, 1.807) is 25.3 Å². The van der Waals surface area contributed by atoms with Crippen LogP contribution < -0.4 is 14.8 Å². The summed E-state index contributed by atoms with van der Waals surface area (Å²) in [4.78, 5) is 12.0. The van der Waals surface area contributed by atoms with Crippen molar-refractivity contribution < 1.29 is 14.3 Å². The molecule has 0 fully saturated rings. The Morgan fingerprint density at radius 1 is 1.20 bits per heavy atom. The number of hydrogen-bond donors (Lipinski definition) is 1. The van der Waals surface area contributed by atoms with Crippen LogP contribution >= 0.6 is 0 Å². The molecule has 0 aliphatic heterocycles. The highest BCUT2D eigenvalue weighted by Gasteiger charge is 2.04. The van der Waals surface area contributed by atoms with Gasteiger partial charge in [0.05, 0.1) is 26.2 Å². The Labute approximate surface area is 147 Å². The van der Waals surface area contributed by atoms with E-state index in [9.17, 15) is 4.79 Å². The SMILES string of the molecule is CCOc1ccc(C=CC(=O)Nc2ccc(CC#N)cc2)cc1OC. The van der Waals surface area contributed by atoms with Gasteiger partial charge < -0.3 is 14.8 Å². The molecule has 2 aromatic rings. The molecule has 0 aliphatic rings. The number of methoxy groups -OCH3 is 1. The first-order valence-corrected chi connectivity index (χ1v) is 7.92. The summed E-state index contributed by atoms with van der Waals surface area (Å²) in [5.41, 5.74) is 2.43. The van der Waals surface area contributed by atoms with Crippen molar-refractivity contribution in [2.24, 2.45) is 0 Å². The predicted molar refractivity (Wildman–Crippen MR) is 97.6 cm³/mol. The lowest BCUT2D eigenvalue weighted by molar-refractivity contribution is -0.111. The zero-order chi connectivity index (χ0) is 18.1. The Morgan fingerprint density at radius 3 is 2.60 bits per heavy atom. The smallest absolute Gasteiger partial charge is 0.248 e. The summed E-state index contributed by atoms with van der Waals surface area (Å²) in [7, 11) is 1.58. The summed E-state index contributed by atoms with van der Waals surface area (Å²) in [6.45, 7) is 2.46. The fraction of sp³-hybridized carbons (Fsp3) is 0.200. The highest BCUT2D eigenvalue weighted by molar-refractivity contribution is 6.01. The number of nitrogens with zero attached hydrogens (tertiary/aromatic N) is 1. The lowest BCUT2D eigenvalue weighted by atomic mass is 10.1. The van der Waals surface area contributed by atoms with Crippen molar-refractivity contribution in [2.75, 3.05) is 19.0 Å². The highest BCUT2D eigenvalue weighted by atomic mass is 16.5. The monoisotopic (exact) mass is 336 g/mol. The van der Waals surface area contributed by atoms with Crippen molar-refractivity contribution >= 4 is 17.7 Å². The molecule has 5 heteroatoms. The Bertz CT molecular complexity index is 790. The Balaban J connectivity index is 2.01. The van der Waals surface area contributed by atoms with Gasteiger partial charge in [-0.15, -0.1) is 0 Å². The molecule has 0 atom stereocenters. The largest absolute Gasteiger partial charge is 0.493 e. The third kappa shape index (κ3) is 5.40. The summed E-state index contributed by atoms with van der Waals surface area (Å²) in [6.07, 6.45) is 3.52. The number of ether oxygens (including phenoxy) is 2. The van der Waals surface area contributed by atoms with E-state index in [1.165, 1.54) is 6.08 Å². The number of amides is 1. The average Bonchev–Trinajstić information content (AvgIpc) is 2.63. The number of nitriles is 1. The van der Waals surface area contributed by atoms with Crippen LogP contribution in [0.4, 0.5) is 5.69 Å². The van der Waals surface area contributed by atoms with Gasteiger partial charge in [-0.05, 0) is 48.4 Å². The minimum Gasteiger partial charge on any atom is -0.493 e. The normalized spacial score (nSPS) is 10.3. The molecule has 0 aromatic heterocycles. The first-order valence-electron chi connectivity index (χ1n) is 7.92. The molecule has 0 spiro atoms. The van der Waals surface area contributed by atoms with E-state index >= 15 is 0 Å². The second kappa shape index (κ2) is 9.14. The van der Waals surface area contributed by atoms with Crippen molar-refractivity contribution in [2.45, 2.75) is 13.3 Å². The molecule has 0 saturated heterocycles. The second-order valence-electron chi connectivity index (χ2n) is 5.20. The fourth-order valence-electron chi connectivity index (χ4n) is 2.22. The van der Waals surface area contributed by atoms with Crippen LogP contribution in [0.15, 0.2) is 48.5 Å². The molecule has 2 rings (SSSR count). The van der Waals surface area contributed by atoms with Gasteiger partial charge in [0, 0.05) is 11.8 Å². The fourth-order valence-corrected chi connectivity index (χ4v) is 2.22. The topological polar surface area (TPSA) is 71.3 Å². The average molecular weight is 336 g/mol. The lowest BCUT2D eigenvalue weighted by Gasteiger charge is -2.09. The third-order valence-electron chi connectivity index (χ3n) is 3.42. The van der Waals surface area contributed by atoms with Gasteiger partial charge >= 0.3 is 0 Å². The predicted octanol–water partition coefficient (Wildman–Crippen LogP) is 3.81. The van der Waals surface area contributed by atoms with Crippen molar-refractivity contribution in [3.63, 3.8) is 0 Å². The van der Waals surface area contributed by atoms with Crippen LogP contribution in [0, 0.1) is 11.3 Å². The van der Waals surface area contributed by atoms with Crippen molar-refractivity contribution in [3.8, 4) is 17.6 Å². The van der Waals surface area contributed by atoms with Crippen LogP contribution in [0.5, 0.6) is 11.5 Å². The minimum atomic E-state index is -0.235. The molecule has 128 valence electrons. The summed E-state index contributed by atoms with van der Waals surface area (Å²) in [5.74, 6) is 1.06. The molecular formula is C20H20N2O3. The van der Waals surface area contributed by atoms with Crippen LogP contribution in [0.2, 0.25) is 0 Å². The molecule has 0 heterocycles. The number of benzene rings is 2. The maximum atomic E-state index is 12.0. The van der Waals surface area contributed by atoms with Gasteiger partial charge in [-0.3, -0.25) is 4.79 Å². The van der Waals surface area contributed by atoms with Crippen LogP contribution in [-0.2, 0) is 11.2 Å². The zero-order valence-electron chi connectivity index (χ0n) is 14.3. The van der Waals surface area contributed by atoms with E-state index in [0.29, 0.717) is 30.2 Å². The maximum Gasteiger partial charge on any atom is 0.248 e. The number of carbonyl (C=O) groups is 1. The first-order chi connectivity index (χ1) is 12.2. The molecule has 0 aliphatic carbocycles. The number of hydrogen-bond acceptors (Lipinski definition) is 4. The number of rotatable bonds is 7. The Hall–Kier alpha value is -3.26. The van der Waals surface area contributed by atoms with Gasteiger partial charge in [0.25, 0.3) is 0 Å². The molecule has 0 saturated carbocycles. The molecule has 25 heavy (non-hydrogen) atoms. The van der Waals surface area contributed by atoms with Crippen LogP contribution in [0.3, 0.4) is 0 Å². The zero-order valence-corrected chi connectivity index (χ0v) is 14.3. The molecular weight excluding hydrogens is 316 g/mol. The van der Waals surface area contributed by atoms with Crippen LogP contribution in [-0.4, -0.2) is 19.6 Å². The van der Waals surface area contributed by atoms with Gasteiger partial charge in [0.2, 0.25) is 5.91 Å². The first kappa shape index (κ1) is 18.1. The number of nitrogens with one attached hydrogen (secondary N) is 1. The van der Waals surface area contributed by atoms with Crippen LogP contribution in [0.1, 0.15) is 18.1 Å². The molecule has 1 N–H and O–H groups in total. The Morgan fingerprint density at radius 2 is 1.96 bits per heavy atom. The minimum absolute atomic E-state index is 0.235. The van der Waals surface area contributed by atoms with Gasteiger partial charge in [-0.2, -0.15) is 5.26 Å². The summed E-state index contributed by atoms with van der Waals surface area (Å²) < 4.78 is 10.8. The molecule has 0 unspecified atom stereocenters. The number of anilines is 1. The summed E-state index contributed by atoms with van der Waals surface area (Å²) >= 11 is 0. The molecule has 5 nitrogen and oxygen atoms in total. The summed E-state index contributed by atoms with van der Waals surface area (Å²) in [6, 6.07) is 14.8. The van der Waals surface area contributed by atoms with E-state index < -0.39 is 0 Å². The van der Waals surface area contributed by atoms with E-state index in [2.05, 4.69) is 11.4 Å². The molecule has 0 radical (unpaired) electrons. The molecule has 1 amide bonds. The van der Waals surface area contributed by atoms with Crippen LogP contribution in [0.25, 0.3) is 6.08 Å². The van der Waals surface area contributed by atoms with Gasteiger partial charge in [-0.25, -0.2) is 0 Å². The molecule has 0 bridgehead atoms. The summed E-state index contributed by atoms with van der Waals surface area (Å²) in [5, 5.41) is 11.4. The number of carbonyl (C=O) groups excluding carboxylic acids is 1. The second-order valence-corrected chi connectivity index (χ2v) is 5.20. The Kier molecular flexibility index (Phi) is 6.61. The van der Waals surface area contributed by atoms with Gasteiger partial charge in [-0.1, -0.05) is 18.2 Å². The van der Waals surface area contributed by atoms with Gasteiger partial charge in [0.15, 0.2) is 11.5 Å². The molecule has 2 aromatic carbocycles. The van der Waals surface area contributed by atoms with E-state index in [1.807, 2.05) is 37.3 Å². The van der Waals surface area contributed by atoms with E-state index in [0.717, 1.165) is 11.1 Å². The van der Waals surface area contributed by atoms with Crippen molar-refractivity contribution in [1.29, 1.82) is 5.26 Å². The van der Waals surface area contributed by atoms with Crippen molar-refractivity contribution in [1.82, 2.24) is 0 Å². The third-order valence-corrected chi connectivity index (χ3v) is 3.42. The van der Waals surface area contributed by atoms with E-state index in [4.69, 9.17) is 14.7 Å². The van der Waals surface area contributed by atoms with E-state index in [-0.39, 0.29) is 5.91 Å². The van der Waals surface area contributed by atoms with Gasteiger partial charge in [0.1, 0.15) is 0 Å². The standard InChI is InChI=1S/C20H20N2O3/c1-3-25-18-10-6-16(14-19(18)24-2)7-11-20(23)22-17-8-4-15(5-9-17)12-13-21/h4-11,14H,3,12H2,1-2H3,(H,22,23). The van der Waals surface area contributed by atoms with Crippen molar-refractivity contribution in [3.05, 3.63) is 59.7 Å².